The van der Waals surface area contributed by atoms with Crippen molar-refractivity contribution in [2.75, 3.05) is 0 Å². The van der Waals surface area contributed by atoms with E-state index in [0.29, 0.717) is 6.54 Å². The topological polar surface area (TPSA) is 56.7 Å². The molecule has 0 fully saturated rings. The fourth-order valence-electron chi connectivity index (χ4n) is 1.76. The third kappa shape index (κ3) is 2.34. The molecule has 0 unspecified atom stereocenters. The van der Waals surface area contributed by atoms with Crippen LogP contribution in [-0.2, 0) is 13.1 Å². The number of nitrogens with two attached hydrogens (primary N) is 1. The van der Waals surface area contributed by atoms with Crippen LogP contribution in [0.25, 0.3) is 11.4 Å². The van der Waals surface area contributed by atoms with Crippen LogP contribution in [0.2, 0.25) is 0 Å². The van der Waals surface area contributed by atoms with Gasteiger partial charge in [-0.2, -0.15) is 0 Å². The van der Waals surface area contributed by atoms with E-state index >= 15 is 0 Å². The number of aromatic nitrogens is 3. The average molecular weight is 234 g/mol. The first kappa shape index (κ1) is 11.7. The summed E-state index contributed by atoms with van der Waals surface area (Å²) in [5, 5.41) is 8.16. The Kier molecular flexibility index (Phi) is 3.49. The maximum absolute atomic E-state index is 12.9. The van der Waals surface area contributed by atoms with Crippen LogP contribution in [-0.4, -0.2) is 14.8 Å². The largest absolute Gasteiger partial charge is 0.324 e. The quantitative estimate of drug-likeness (QED) is 0.879. The summed E-state index contributed by atoms with van der Waals surface area (Å²) in [7, 11) is 0. The fraction of sp³-hybridized carbons (Fsp3) is 0.333. The highest BCUT2D eigenvalue weighted by molar-refractivity contribution is 5.55. The van der Waals surface area contributed by atoms with E-state index in [1.54, 1.807) is 12.1 Å². The lowest BCUT2D eigenvalue weighted by Gasteiger charge is -2.07. The summed E-state index contributed by atoms with van der Waals surface area (Å²) >= 11 is 0. The van der Waals surface area contributed by atoms with Gasteiger partial charge in [0, 0.05) is 12.1 Å². The van der Waals surface area contributed by atoms with E-state index in [0.717, 1.165) is 30.2 Å². The Morgan fingerprint density at radius 2 is 1.94 bits per heavy atom. The summed E-state index contributed by atoms with van der Waals surface area (Å²) in [6, 6.07) is 6.24. The molecule has 17 heavy (non-hydrogen) atoms. The molecule has 2 rings (SSSR count). The number of hydrogen-bond acceptors (Lipinski definition) is 3. The minimum Gasteiger partial charge on any atom is -0.324 e. The summed E-state index contributed by atoms with van der Waals surface area (Å²) in [4.78, 5) is 0. The Morgan fingerprint density at radius 1 is 1.24 bits per heavy atom. The second kappa shape index (κ2) is 5.05. The van der Waals surface area contributed by atoms with Gasteiger partial charge in [-0.15, -0.1) is 10.2 Å². The van der Waals surface area contributed by atoms with E-state index in [-0.39, 0.29) is 5.82 Å². The molecule has 0 amide bonds. The Labute approximate surface area is 99.3 Å². The van der Waals surface area contributed by atoms with Gasteiger partial charge in [0.05, 0.1) is 6.54 Å². The highest BCUT2D eigenvalue weighted by Crippen LogP contribution is 2.19. The molecule has 2 aromatic rings. The molecule has 0 aliphatic rings. The predicted molar refractivity (Wildman–Crippen MR) is 63.6 cm³/mol. The Bertz CT molecular complexity index is 490. The molecule has 0 bridgehead atoms. The summed E-state index contributed by atoms with van der Waals surface area (Å²) in [6.45, 7) is 3.25. The third-order valence-electron chi connectivity index (χ3n) is 2.56. The van der Waals surface area contributed by atoms with Gasteiger partial charge in [-0.3, -0.25) is 0 Å². The number of halogens is 1. The standard InChI is InChI=1S/C12H15FN4/c1-2-7-17-11(8-14)15-16-12(17)9-3-5-10(13)6-4-9/h3-6H,2,7-8,14H2,1H3. The average Bonchev–Trinajstić information content (AvgIpc) is 2.74. The molecule has 0 radical (unpaired) electrons. The smallest absolute Gasteiger partial charge is 0.163 e. The first-order valence-electron chi connectivity index (χ1n) is 5.64. The first-order valence-corrected chi connectivity index (χ1v) is 5.64. The summed E-state index contributed by atoms with van der Waals surface area (Å²) in [5.41, 5.74) is 6.47. The summed E-state index contributed by atoms with van der Waals surface area (Å²) in [6.07, 6.45) is 0.971. The van der Waals surface area contributed by atoms with Gasteiger partial charge >= 0.3 is 0 Å². The van der Waals surface area contributed by atoms with Crippen LogP contribution in [0.1, 0.15) is 19.2 Å². The summed E-state index contributed by atoms with van der Waals surface area (Å²) in [5.74, 6) is 1.24. The van der Waals surface area contributed by atoms with Crippen LogP contribution >= 0.6 is 0 Å². The lowest BCUT2D eigenvalue weighted by atomic mass is 10.2. The number of rotatable bonds is 4. The van der Waals surface area contributed by atoms with E-state index in [2.05, 4.69) is 17.1 Å². The molecule has 0 spiro atoms. The summed E-state index contributed by atoms with van der Waals surface area (Å²) < 4.78 is 14.8. The maximum Gasteiger partial charge on any atom is 0.163 e. The molecule has 0 aliphatic carbocycles. The molecular formula is C12H15FN4. The highest BCUT2D eigenvalue weighted by atomic mass is 19.1. The zero-order valence-corrected chi connectivity index (χ0v) is 9.73. The normalized spacial score (nSPS) is 10.8. The van der Waals surface area contributed by atoms with Crippen molar-refractivity contribution in [2.45, 2.75) is 26.4 Å². The lowest BCUT2D eigenvalue weighted by molar-refractivity contribution is 0.627. The van der Waals surface area contributed by atoms with Crippen LogP contribution in [0.5, 0.6) is 0 Å². The SMILES string of the molecule is CCCn1c(CN)nnc1-c1ccc(F)cc1. The van der Waals surface area contributed by atoms with Crippen LogP contribution < -0.4 is 5.73 Å². The monoisotopic (exact) mass is 234 g/mol. The molecule has 0 saturated carbocycles. The molecule has 1 heterocycles. The van der Waals surface area contributed by atoms with Gasteiger partial charge in [0.2, 0.25) is 0 Å². The van der Waals surface area contributed by atoms with Gasteiger partial charge < -0.3 is 10.3 Å². The third-order valence-corrected chi connectivity index (χ3v) is 2.56. The van der Waals surface area contributed by atoms with Crippen LogP contribution in [0.3, 0.4) is 0 Å². The van der Waals surface area contributed by atoms with Crippen molar-refractivity contribution in [3.05, 3.63) is 35.9 Å². The predicted octanol–water partition coefficient (Wildman–Crippen LogP) is 1.95. The van der Waals surface area contributed by atoms with Crippen molar-refractivity contribution in [3.63, 3.8) is 0 Å². The lowest BCUT2D eigenvalue weighted by Crippen LogP contribution is -2.09. The van der Waals surface area contributed by atoms with Crippen LogP contribution in [0.4, 0.5) is 4.39 Å². The molecule has 2 N–H and O–H groups in total. The van der Waals surface area contributed by atoms with E-state index in [9.17, 15) is 4.39 Å². The Balaban J connectivity index is 2.43. The Hall–Kier alpha value is -1.75. The minimum absolute atomic E-state index is 0.255. The molecule has 90 valence electrons. The van der Waals surface area contributed by atoms with E-state index in [1.807, 2.05) is 4.57 Å². The van der Waals surface area contributed by atoms with Gasteiger partial charge in [0.25, 0.3) is 0 Å². The fourth-order valence-corrected chi connectivity index (χ4v) is 1.76. The van der Waals surface area contributed by atoms with Crippen molar-refractivity contribution in [2.24, 2.45) is 5.73 Å². The molecule has 1 aromatic heterocycles. The molecule has 0 saturated heterocycles. The highest BCUT2D eigenvalue weighted by Gasteiger charge is 2.11. The Morgan fingerprint density at radius 3 is 2.53 bits per heavy atom. The van der Waals surface area contributed by atoms with Crippen LogP contribution in [0, 0.1) is 5.82 Å². The number of benzene rings is 1. The minimum atomic E-state index is -0.255. The van der Waals surface area contributed by atoms with Gasteiger partial charge in [-0.05, 0) is 30.7 Å². The van der Waals surface area contributed by atoms with Crippen molar-refractivity contribution in [3.8, 4) is 11.4 Å². The second-order valence-corrected chi connectivity index (χ2v) is 3.80. The van der Waals surface area contributed by atoms with E-state index in [1.165, 1.54) is 12.1 Å². The molecule has 4 nitrogen and oxygen atoms in total. The van der Waals surface area contributed by atoms with Gasteiger partial charge in [-0.25, -0.2) is 4.39 Å². The molecule has 0 atom stereocenters. The molecular weight excluding hydrogens is 219 g/mol. The van der Waals surface area contributed by atoms with Crippen molar-refractivity contribution in [1.82, 2.24) is 14.8 Å². The van der Waals surface area contributed by atoms with Gasteiger partial charge in [0.1, 0.15) is 11.6 Å². The molecule has 0 aliphatic heterocycles. The molecule has 1 aromatic carbocycles. The zero-order valence-electron chi connectivity index (χ0n) is 9.73. The van der Waals surface area contributed by atoms with Crippen LogP contribution in [0.15, 0.2) is 24.3 Å². The number of nitrogens with zero attached hydrogens (tertiary/aromatic N) is 3. The first-order chi connectivity index (χ1) is 8.26. The zero-order chi connectivity index (χ0) is 12.3. The second-order valence-electron chi connectivity index (χ2n) is 3.80. The molecule has 5 heteroatoms. The van der Waals surface area contributed by atoms with Crippen molar-refractivity contribution in [1.29, 1.82) is 0 Å². The van der Waals surface area contributed by atoms with E-state index in [4.69, 9.17) is 5.73 Å². The van der Waals surface area contributed by atoms with Gasteiger partial charge in [0.15, 0.2) is 5.82 Å². The van der Waals surface area contributed by atoms with Gasteiger partial charge in [-0.1, -0.05) is 6.92 Å². The maximum atomic E-state index is 12.9. The van der Waals surface area contributed by atoms with Crippen molar-refractivity contribution < 1.29 is 4.39 Å². The van der Waals surface area contributed by atoms with E-state index < -0.39 is 0 Å². The number of hydrogen-bond donors (Lipinski definition) is 1. The van der Waals surface area contributed by atoms with Crippen molar-refractivity contribution >= 4 is 0 Å².